The molecule has 0 spiro atoms. The number of hydrogen-bond acceptors (Lipinski definition) is 3. The number of hydrogen-bond donors (Lipinski definition) is 0. The molecule has 27 heavy (non-hydrogen) atoms. The molecule has 0 radical (unpaired) electrons. The van der Waals surface area contributed by atoms with Gasteiger partial charge in [0.2, 0.25) is 17.7 Å². The fourth-order valence-electron chi connectivity index (χ4n) is 2.70. The highest BCUT2D eigenvalue weighted by atomic mass is 16.2. The van der Waals surface area contributed by atoms with Crippen LogP contribution in [0.2, 0.25) is 0 Å². The summed E-state index contributed by atoms with van der Waals surface area (Å²) in [7, 11) is 5.12. The maximum Gasteiger partial charge on any atom is 0.229 e. The van der Waals surface area contributed by atoms with Gasteiger partial charge in [-0.05, 0) is 18.2 Å². The van der Waals surface area contributed by atoms with E-state index in [1.807, 2.05) is 41.5 Å². The van der Waals surface area contributed by atoms with Crippen molar-refractivity contribution in [3.63, 3.8) is 0 Å². The summed E-state index contributed by atoms with van der Waals surface area (Å²) < 4.78 is 0. The number of anilines is 3. The van der Waals surface area contributed by atoms with Crippen LogP contribution < -0.4 is 14.7 Å². The molecule has 0 fully saturated rings. The average molecular weight is 376 g/mol. The van der Waals surface area contributed by atoms with Crippen LogP contribution in [0.4, 0.5) is 17.1 Å². The number of carbonyl (C=O) groups is 3. The van der Waals surface area contributed by atoms with Crippen molar-refractivity contribution >= 4 is 34.8 Å². The summed E-state index contributed by atoms with van der Waals surface area (Å²) >= 11 is 0. The lowest BCUT2D eigenvalue weighted by Gasteiger charge is -2.27. The first kappa shape index (κ1) is 22.7. The number of nitrogens with zero attached hydrogens (tertiary/aromatic N) is 3. The lowest BCUT2D eigenvalue weighted by Crippen LogP contribution is -2.34. The molecular formula is C21H33N3O3. The van der Waals surface area contributed by atoms with Crippen molar-refractivity contribution in [2.45, 2.75) is 41.5 Å². The van der Waals surface area contributed by atoms with Gasteiger partial charge in [0, 0.05) is 56.0 Å². The van der Waals surface area contributed by atoms with Crippen molar-refractivity contribution in [3.05, 3.63) is 18.2 Å². The van der Waals surface area contributed by atoms with Crippen LogP contribution in [0.1, 0.15) is 41.5 Å². The second-order valence-electron chi connectivity index (χ2n) is 7.86. The van der Waals surface area contributed by atoms with Gasteiger partial charge in [0.1, 0.15) is 0 Å². The van der Waals surface area contributed by atoms with Gasteiger partial charge >= 0.3 is 0 Å². The molecule has 0 N–H and O–H groups in total. The molecule has 0 atom stereocenters. The summed E-state index contributed by atoms with van der Waals surface area (Å²) in [6.45, 7) is 11.0. The Kier molecular flexibility index (Phi) is 7.57. The number of carbonyl (C=O) groups excluding carboxylic acids is 3. The van der Waals surface area contributed by atoms with Gasteiger partial charge in [0.05, 0.1) is 0 Å². The summed E-state index contributed by atoms with van der Waals surface area (Å²) in [5.74, 6) is -0.581. The van der Waals surface area contributed by atoms with Crippen molar-refractivity contribution in [1.82, 2.24) is 0 Å². The Morgan fingerprint density at radius 3 is 0.889 bits per heavy atom. The van der Waals surface area contributed by atoms with E-state index in [0.717, 1.165) is 0 Å². The third-order valence-corrected chi connectivity index (χ3v) is 4.52. The van der Waals surface area contributed by atoms with Crippen molar-refractivity contribution in [2.24, 2.45) is 17.8 Å². The average Bonchev–Trinajstić information content (AvgIpc) is 2.63. The smallest absolute Gasteiger partial charge is 0.229 e. The maximum absolute atomic E-state index is 12.5. The van der Waals surface area contributed by atoms with E-state index in [1.54, 1.807) is 54.0 Å². The van der Waals surface area contributed by atoms with Gasteiger partial charge < -0.3 is 14.7 Å². The Hall–Kier alpha value is -2.37. The van der Waals surface area contributed by atoms with Gasteiger partial charge in [-0.15, -0.1) is 0 Å². The summed E-state index contributed by atoms with van der Waals surface area (Å²) in [4.78, 5) is 42.1. The Labute approximate surface area is 163 Å². The van der Waals surface area contributed by atoms with Gasteiger partial charge in [-0.2, -0.15) is 0 Å². The van der Waals surface area contributed by atoms with E-state index in [-0.39, 0.29) is 35.5 Å². The van der Waals surface area contributed by atoms with E-state index in [1.165, 1.54) is 0 Å². The summed E-state index contributed by atoms with van der Waals surface area (Å²) in [6, 6.07) is 5.41. The van der Waals surface area contributed by atoms with E-state index in [9.17, 15) is 14.4 Å². The van der Waals surface area contributed by atoms with Crippen LogP contribution in [0.3, 0.4) is 0 Å². The lowest BCUT2D eigenvalue weighted by atomic mass is 10.1. The second kappa shape index (κ2) is 9.02. The maximum atomic E-state index is 12.5. The SMILES string of the molecule is CC(C)C(=O)N(C)c1cc(N(C)C(=O)C(C)C)cc(N(C)C(=O)C(C)C)c1. The normalized spacial score (nSPS) is 11.1. The third-order valence-electron chi connectivity index (χ3n) is 4.52. The Balaban J connectivity index is 3.49. The Morgan fingerprint density at radius 1 is 0.556 bits per heavy atom. The summed E-state index contributed by atoms with van der Waals surface area (Å²) in [6.07, 6.45) is 0. The molecule has 3 amide bonds. The Morgan fingerprint density at radius 2 is 0.741 bits per heavy atom. The van der Waals surface area contributed by atoms with Crippen LogP contribution in [0.25, 0.3) is 0 Å². The Bertz CT molecular complexity index is 603. The minimum atomic E-state index is -0.160. The van der Waals surface area contributed by atoms with Gasteiger partial charge in [-0.1, -0.05) is 41.5 Å². The predicted octanol–water partition coefficient (Wildman–Crippen LogP) is 3.54. The molecule has 0 aliphatic heterocycles. The number of amides is 3. The fourth-order valence-corrected chi connectivity index (χ4v) is 2.70. The predicted molar refractivity (Wildman–Crippen MR) is 111 cm³/mol. The van der Waals surface area contributed by atoms with Gasteiger partial charge in [0.15, 0.2) is 0 Å². The molecule has 1 rings (SSSR count). The molecule has 0 saturated heterocycles. The van der Waals surface area contributed by atoms with Crippen LogP contribution in [0.5, 0.6) is 0 Å². The molecule has 150 valence electrons. The quantitative estimate of drug-likeness (QED) is 0.764. The zero-order valence-corrected chi connectivity index (χ0v) is 18.0. The summed E-state index contributed by atoms with van der Waals surface area (Å²) in [5.41, 5.74) is 1.94. The molecule has 6 heteroatoms. The zero-order valence-electron chi connectivity index (χ0n) is 18.0. The first-order valence-electron chi connectivity index (χ1n) is 9.36. The zero-order chi connectivity index (χ0) is 21.0. The van der Waals surface area contributed by atoms with Crippen molar-refractivity contribution < 1.29 is 14.4 Å². The molecule has 1 aromatic carbocycles. The molecule has 6 nitrogen and oxygen atoms in total. The highest BCUT2D eigenvalue weighted by molar-refractivity contribution is 6.00. The largest absolute Gasteiger partial charge is 0.315 e. The molecule has 0 aliphatic rings. The van der Waals surface area contributed by atoms with Gasteiger partial charge in [-0.25, -0.2) is 0 Å². The molecule has 0 aliphatic carbocycles. The minimum absolute atomic E-state index is 0.0335. The van der Waals surface area contributed by atoms with Crippen LogP contribution in [-0.2, 0) is 14.4 Å². The van der Waals surface area contributed by atoms with Crippen LogP contribution >= 0.6 is 0 Å². The second-order valence-corrected chi connectivity index (χ2v) is 7.86. The summed E-state index contributed by atoms with van der Waals surface area (Å²) in [5, 5.41) is 0. The standard InChI is InChI=1S/C21H33N3O3/c1-13(2)19(25)22(7)16-10-17(23(8)20(26)14(3)4)12-18(11-16)24(9)21(27)15(5)6/h10-15H,1-9H3. The van der Waals surface area contributed by atoms with Crippen molar-refractivity contribution in [1.29, 1.82) is 0 Å². The topological polar surface area (TPSA) is 60.9 Å². The van der Waals surface area contributed by atoms with E-state index in [2.05, 4.69) is 0 Å². The molecule has 1 aromatic rings. The van der Waals surface area contributed by atoms with E-state index in [0.29, 0.717) is 17.1 Å². The third kappa shape index (κ3) is 5.31. The molecule has 0 bridgehead atoms. The molecule has 0 aromatic heterocycles. The van der Waals surface area contributed by atoms with Crippen molar-refractivity contribution in [3.8, 4) is 0 Å². The number of benzene rings is 1. The first-order chi connectivity index (χ1) is 12.4. The van der Waals surface area contributed by atoms with E-state index < -0.39 is 0 Å². The van der Waals surface area contributed by atoms with Crippen LogP contribution in [0, 0.1) is 17.8 Å². The van der Waals surface area contributed by atoms with Gasteiger partial charge in [-0.3, -0.25) is 14.4 Å². The monoisotopic (exact) mass is 375 g/mol. The minimum Gasteiger partial charge on any atom is -0.315 e. The van der Waals surface area contributed by atoms with Crippen LogP contribution in [-0.4, -0.2) is 38.9 Å². The van der Waals surface area contributed by atoms with Crippen molar-refractivity contribution in [2.75, 3.05) is 35.8 Å². The molecule has 0 saturated carbocycles. The highest BCUT2D eigenvalue weighted by Gasteiger charge is 2.22. The molecule has 0 heterocycles. The van der Waals surface area contributed by atoms with Gasteiger partial charge in [0.25, 0.3) is 0 Å². The molecule has 0 unspecified atom stereocenters. The fraction of sp³-hybridized carbons (Fsp3) is 0.571. The van der Waals surface area contributed by atoms with E-state index >= 15 is 0 Å². The first-order valence-corrected chi connectivity index (χ1v) is 9.36. The highest BCUT2D eigenvalue weighted by Crippen LogP contribution is 2.31. The number of rotatable bonds is 6. The van der Waals surface area contributed by atoms with E-state index in [4.69, 9.17) is 0 Å². The van der Waals surface area contributed by atoms with Crippen LogP contribution in [0.15, 0.2) is 18.2 Å². The molecular weight excluding hydrogens is 342 g/mol. The lowest BCUT2D eigenvalue weighted by molar-refractivity contribution is -0.121.